The second kappa shape index (κ2) is 19.1. The van der Waals surface area contributed by atoms with E-state index in [0.717, 1.165) is 56.0 Å². The van der Waals surface area contributed by atoms with Crippen molar-refractivity contribution in [2.75, 3.05) is 6.61 Å². The van der Waals surface area contributed by atoms with Crippen LogP contribution in [0.5, 0.6) is 5.75 Å². The lowest BCUT2D eigenvalue weighted by Gasteiger charge is -2.42. The van der Waals surface area contributed by atoms with Crippen LogP contribution in [-0.4, -0.2) is 24.9 Å². The van der Waals surface area contributed by atoms with E-state index >= 15 is 0 Å². The summed E-state index contributed by atoms with van der Waals surface area (Å²) in [6, 6.07) is 53.9. The van der Waals surface area contributed by atoms with Gasteiger partial charge in [0.15, 0.2) is 0 Å². The minimum absolute atomic E-state index is 0.255. The molecule has 0 saturated carbocycles. The predicted molar refractivity (Wildman–Crippen MR) is 230 cm³/mol. The van der Waals surface area contributed by atoms with Gasteiger partial charge >= 0.3 is 0 Å². The predicted octanol–water partition coefficient (Wildman–Crippen LogP) is 12.3. The van der Waals surface area contributed by atoms with Crippen molar-refractivity contribution in [3.8, 4) is 5.75 Å². The number of ether oxygens (including phenoxy) is 5. The molecular formula is C50H47ClO5S. The van der Waals surface area contributed by atoms with Crippen LogP contribution in [0.2, 0.25) is 5.02 Å². The Morgan fingerprint density at radius 3 is 1.89 bits per heavy atom. The zero-order chi connectivity index (χ0) is 38.8. The summed E-state index contributed by atoms with van der Waals surface area (Å²) < 4.78 is 35.3. The van der Waals surface area contributed by atoms with E-state index in [1.807, 2.05) is 84.9 Å². The molecule has 1 saturated heterocycles. The van der Waals surface area contributed by atoms with Crippen LogP contribution in [0.15, 0.2) is 158 Å². The van der Waals surface area contributed by atoms with Crippen LogP contribution < -0.4 is 4.74 Å². The Morgan fingerprint density at radius 2 is 1.25 bits per heavy atom. The monoisotopic (exact) mass is 794 g/mol. The number of benzene rings is 6. The van der Waals surface area contributed by atoms with Gasteiger partial charge in [0.05, 0.1) is 38.6 Å². The van der Waals surface area contributed by atoms with Crippen LogP contribution in [0.4, 0.5) is 0 Å². The Labute approximate surface area is 344 Å². The molecule has 0 spiro atoms. The Balaban J connectivity index is 1.17. The summed E-state index contributed by atoms with van der Waals surface area (Å²) >= 11 is 8.18. The fraction of sp³-hybridized carbons (Fsp3) is 0.240. The molecule has 1 fully saturated rings. The highest BCUT2D eigenvalue weighted by atomic mass is 35.5. The van der Waals surface area contributed by atoms with Gasteiger partial charge in [-0.2, -0.15) is 0 Å². The molecule has 0 radical (unpaired) electrons. The lowest BCUT2D eigenvalue weighted by molar-refractivity contribution is -0.219. The topological polar surface area (TPSA) is 46.2 Å². The molecule has 6 aromatic carbocycles. The first-order chi connectivity index (χ1) is 28.0. The summed E-state index contributed by atoms with van der Waals surface area (Å²) in [6.07, 6.45) is -0.137. The minimum atomic E-state index is -0.514. The lowest BCUT2D eigenvalue weighted by atomic mass is 9.89. The van der Waals surface area contributed by atoms with Gasteiger partial charge in [-0.1, -0.05) is 133 Å². The van der Waals surface area contributed by atoms with Gasteiger partial charge in [0, 0.05) is 33.0 Å². The average Bonchev–Trinajstić information content (AvgIpc) is 3.65. The minimum Gasteiger partial charge on any atom is -0.489 e. The van der Waals surface area contributed by atoms with E-state index in [9.17, 15) is 0 Å². The number of hydrogen-bond donors (Lipinski definition) is 0. The molecule has 0 bridgehead atoms. The maximum absolute atomic E-state index is 7.17. The SMILES string of the molecule is Cc1cc(OCc2ccccc2)c([C@@H]2O[C@H](COCc3ccccc3)C[C@H](OCc3ccccc3)[C@H]2OCc2ccccc2)cc1Cc1cc2cc(Cl)ccc2s1. The van der Waals surface area contributed by atoms with Gasteiger partial charge < -0.3 is 23.7 Å². The molecule has 5 nitrogen and oxygen atoms in total. The zero-order valence-electron chi connectivity index (χ0n) is 32.1. The van der Waals surface area contributed by atoms with Gasteiger partial charge in [0.2, 0.25) is 0 Å². The van der Waals surface area contributed by atoms with Gasteiger partial charge in [-0.05, 0) is 82.1 Å². The third-order valence-electron chi connectivity index (χ3n) is 10.4. The average molecular weight is 795 g/mol. The fourth-order valence-corrected chi connectivity index (χ4v) is 8.68. The van der Waals surface area contributed by atoms with E-state index in [2.05, 4.69) is 79.7 Å². The van der Waals surface area contributed by atoms with Gasteiger partial charge in [0.25, 0.3) is 0 Å². The Morgan fingerprint density at radius 1 is 0.649 bits per heavy atom. The number of rotatable bonds is 16. The van der Waals surface area contributed by atoms with Crippen molar-refractivity contribution in [1.82, 2.24) is 0 Å². The third-order valence-corrected chi connectivity index (χ3v) is 11.8. The van der Waals surface area contributed by atoms with Gasteiger partial charge in [-0.25, -0.2) is 0 Å². The molecular weight excluding hydrogens is 748 g/mol. The molecule has 0 N–H and O–H groups in total. The van der Waals surface area contributed by atoms with Crippen LogP contribution in [-0.2, 0) is 51.8 Å². The van der Waals surface area contributed by atoms with E-state index in [1.165, 1.54) is 15.1 Å². The smallest absolute Gasteiger partial charge is 0.126 e. The Bertz CT molecular complexity index is 2320. The van der Waals surface area contributed by atoms with Gasteiger partial charge in [0.1, 0.15) is 24.6 Å². The van der Waals surface area contributed by atoms with E-state index in [1.54, 1.807) is 11.3 Å². The van der Waals surface area contributed by atoms with E-state index in [4.69, 9.17) is 35.3 Å². The largest absolute Gasteiger partial charge is 0.489 e. The van der Waals surface area contributed by atoms with E-state index in [-0.39, 0.29) is 12.2 Å². The first-order valence-corrected chi connectivity index (χ1v) is 20.8. The van der Waals surface area contributed by atoms with Crippen LogP contribution in [0, 0.1) is 6.92 Å². The summed E-state index contributed by atoms with van der Waals surface area (Å²) in [5, 5.41) is 1.90. The Hall–Kier alpha value is -4.79. The number of hydrogen-bond acceptors (Lipinski definition) is 6. The summed E-state index contributed by atoms with van der Waals surface area (Å²) in [6.45, 7) is 4.35. The first kappa shape index (κ1) is 39.1. The van der Waals surface area contributed by atoms with Crippen molar-refractivity contribution in [2.24, 2.45) is 0 Å². The highest BCUT2D eigenvalue weighted by Crippen LogP contribution is 2.42. The van der Waals surface area contributed by atoms with E-state index < -0.39 is 12.2 Å². The van der Waals surface area contributed by atoms with Crippen molar-refractivity contribution < 1.29 is 23.7 Å². The molecule has 7 heteroatoms. The van der Waals surface area contributed by atoms with Crippen molar-refractivity contribution >= 4 is 33.0 Å². The molecule has 1 aliphatic rings. The maximum atomic E-state index is 7.17. The number of fused-ring (bicyclic) bond motifs is 1. The van der Waals surface area contributed by atoms with Crippen LogP contribution in [0.3, 0.4) is 0 Å². The van der Waals surface area contributed by atoms with Crippen LogP contribution in [0.1, 0.15) is 56.3 Å². The van der Waals surface area contributed by atoms with Gasteiger partial charge in [-0.3, -0.25) is 0 Å². The molecule has 290 valence electrons. The molecule has 0 unspecified atom stereocenters. The molecule has 1 aromatic heterocycles. The molecule has 2 heterocycles. The van der Waals surface area contributed by atoms with Crippen LogP contribution in [0.25, 0.3) is 10.1 Å². The highest BCUT2D eigenvalue weighted by Gasteiger charge is 2.43. The van der Waals surface area contributed by atoms with E-state index in [0.29, 0.717) is 39.5 Å². The molecule has 0 amide bonds. The first-order valence-electron chi connectivity index (χ1n) is 19.6. The van der Waals surface area contributed by atoms with Crippen molar-refractivity contribution in [1.29, 1.82) is 0 Å². The number of halogens is 1. The van der Waals surface area contributed by atoms with Gasteiger partial charge in [-0.15, -0.1) is 11.3 Å². The van der Waals surface area contributed by atoms with Crippen molar-refractivity contribution in [3.63, 3.8) is 0 Å². The highest BCUT2D eigenvalue weighted by molar-refractivity contribution is 7.19. The quantitative estimate of drug-likeness (QED) is 0.0975. The van der Waals surface area contributed by atoms with Crippen molar-refractivity contribution in [2.45, 2.75) is 70.6 Å². The maximum Gasteiger partial charge on any atom is 0.126 e. The molecule has 1 aliphatic heterocycles. The summed E-state index contributed by atoms with van der Waals surface area (Å²) in [7, 11) is 0. The summed E-state index contributed by atoms with van der Waals surface area (Å²) in [5.41, 5.74) is 7.68. The summed E-state index contributed by atoms with van der Waals surface area (Å²) in [5.74, 6) is 0.772. The normalized spacial score (nSPS) is 18.1. The fourth-order valence-electron chi connectivity index (χ4n) is 7.43. The standard InChI is InChI=1S/C50H47ClO5S/c1-35-24-46(53-31-37-16-8-3-9-17-37)45(28-40(35)26-44-27-41-25-42(51)22-23-48(41)57-44)49-50(55-33-39-20-12-5-13-21-39)47(54-32-38-18-10-4-11-19-38)29-43(56-49)34-52-30-36-14-6-2-7-15-36/h2-25,27-28,43,47,49-50H,26,29-34H2,1H3/t43-,47-,49-,50+/m0/s1. The summed E-state index contributed by atoms with van der Waals surface area (Å²) in [4.78, 5) is 1.26. The molecule has 4 atom stereocenters. The number of thiophene rings is 1. The lowest BCUT2D eigenvalue weighted by Crippen LogP contribution is -2.47. The molecule has 57 heavy (non-hydrogen) atoms. The molecule has 0 aliphatic carbocycles. The van der Waals surface area contributed by atoms with Crippen molar-refractivity contribution in [3.05, 3.63) is 207 Å². The number of aryl methyl sites for hydroxylation is 1. The second-order valence-corrected chi connectivity index (χ2v) is 16.3. The molecule has 8 rings (SSSR count). The molecule has 7 aromatic rings. The van der Waals surface area contributed by atoms with Crippen LogP contribution >= 0.6 is 22.9 Å². The second-order valence-electron chi connectivity index (χ2n) is 14.7. The Kier molecular flexibility index (Phi) is 13.1. The zero-order valence-corrected chi connectivity index (χ0v) is 33.7. The third kappa shape index (κ3) is 10.4.